The monoisotopic (exact) mass is 253 g/mol. The number of nitrogens with two attached hydrogens (primary N) is 1. The van der Waals surface area contributed by atoms with Crippen LogP contribution in [0.15, 0.2) is 42.5 Å². The van der Waals surface area contributed by atoms with Gasteiger partial charge in [0.25, 0.3) is 0 Å². The number of aryl methyl sites for hydroxylation is 3. The lowest BCUT2D eigenvalue weighted by molar-refractivity contribution is 0.691. The van der Waals surface area contributed by atoms with E-state index in [-0.39, 0.29) is 0 Å². The third kappa shape index (κ3) is 3.45. The minimum atomic E-state index is 0.404. The van der Waals surface area contributed by atoms with Gasteiger partial charge in [-0.25, -0.2) is 0 Å². The van der Waals surface area contributed by atoms with Gasteiger partial charge in [0, 0.05) is 5.92 Å². The summed E-state index contributed by atoms with van der Waals surface area (Å²) in [7, 11) is 0. The normalized spacial score (nSPS) is 12.4. The minimum absolute atomic E-state index is 0.404. The van der Waals surface area contributed by atoms with Gasteiger partial charge in [-0.3, -0.25) is 0 Å². The highest BCUT2D eigenvalue weighted by Gasteiger charge is 2.12. The van der Waals surface area contributed by atoms with Crippen molar-refractivity contribution >= 4 is 0 Å². The summed E-state index contributed by atoms with van der Waals surface area (Å²) in [6.07, 6.45) is 1.02. The Morgan fingerprint density at radius 2 is 1.53 bits per heavy atom. The molecular formula is C18H23N. The zero-order valence-electron chi connectivity index (χ0n) is 12.1. The minimum Gasteiger partial charge on any atom is -0.330 e. The molecule has 0 spiro atoms. The smallest absolute Gasteiger partial charge is 0.000167 e. The number of benzene rings is 2. The SMILES string of the molecule is Cc1ccc(C(CN)Cc2cc(C)ccc2C)cc1. The van der Waals surface area contributed by atoms with E-state index in [0.717, 1.165) is 6.42 Å². The van der Waals surface area contributed by atoms with Crippen LogP contribution in [0.1, 0.15) is 33.7 Å². The summed E-state index contributed by atoms with van der Waals surface area (Å²) in [4.78, 5) is 0. The summed E-state index contributed by atoms with van der Waals surface area (Å²) in [6, 6.07) is 15.4. The Balaban J connectivity index is 2.23. The zero-order valence-corrected chi connectivity index (χ0v) is 12.1. The van der Waals surface area contributed by atoms with E-state index in [4.69, 9.17) is 5.73 Å². The van der Waals surface area contributed by atoms with Crippen molar-refractivity contribution in [1.82, 2.24) is 0 Å². The Bertz CT molecular complexity index is 540. The molecule has 2 rings (SSSR count). The first kappa shape index (κ1) is 13.8. The molecule has 0 saturated heterocycles. The van der Waals surface area contributed by atoms with Crippen LogP contribution in [-0.4, -0.2) is 6.54 Å². The van der Waals surface area contributed by atoms with Crippen LogP contribution in [0, 0.1) is 20.8 Å². The van der Waals surface area contributed by atoms with Gasteiger partial charge in [0.05, 0.1) is 0 Å². The van der Waals surface area contributed by atoms with E-state index in [0.29, 0.717) is 12.5 Å². The number of hydrogen-bond acceptors (Lipinski definition) is 1. The Labute approximate surface area is 116 Å². The van der Waals surface area contributed by atoms with Crippen molar-refractivity contribution in [2.24, 2.45) is 5.73 Å². The second kappa shape index (κ2) is 6.03. The molecule has 1 nitrogen and oxygen atoms in total. The summed E-state index contributed by atoms with van der Waals surface area (Å²) in [6.45, 7) is 7.13. The average molecular weight is 253 g/mol. The van der Waals surface area contributed by atoms with Crippen molar-refractivity contribution in [2.75, 3.05) is 6.54 Å². The maximum Gasteiger partial charge on any atom is 0.000167 e. The van der Waals surface area contributed by atoms with Crippen LogP contribution in [0.2, 0.25) is 0 Å². The summed E-state index contributed by atoms with van der Waals surface area (Å²) in [5.41, 5.74) is 12.7. The van der Waals surface area contributed by atoms with Gasteiger partial charge in [0.2, 0.25) is 0 Å². The third-order valence-corrected chi connectivity index (χ3v) is 3.80. The molecule has 0 aliphatic rings. The largest absolute Gasteiger partial charge is 0.330 e. The molecule has 1 unspecified atom stereocenters. The Kier molecular flexibility index (Phi) is 4.39. The van der Waals surface area contributed by atoms with Crippen LogP contribution in [0.5, 0.6) is 0 Å². The predicted octanol–water partition coefficient (Wildman–Crippen LogP) is 3.90. The zero-order chi connectivity index (χ0) is 13.8. The molecular weight excluding hydrogens is 230 g/mol. The molecule has 0 bridgehead atoms. The Morgan fingerprint density at radius 1 is 0.895 bits per heavy atom. The summed E-state index contributed by atoms with van der Waals surface area (Å²) in [5.74, 6) is 0.404. The van der Waals surface area contributed by atoms with E-state index in [2.05, 4.69) is 63.2 Å². The van der Waals surface area contributed by atoms with Gasteiger partial charge in [0.1, 0.15) is 0 Å². The quantitative estimate of drug-likeness (QED) is 0.878. The maximum absolute atomic E-state index is 5.98. The van der Waals surface area contributed by atoms with E-state index in [1.807, 2.05) is 0 Å². The molecule has 100 valence electrons. The Morgan fingerprint density at radius 3 is 2.16 bits per heavy atom. The van der Waals surface area contributed by atoms with Gasteiger partial charge in [0.15, 0.2) is 0 Å². The van der Waals surface area contributed by atoms with E-state index >= 15 is 0 Å². The van der Waals surface area contributed by atoms with Gasteiger partial charge in [-0.05, 0) is 50.4 Å². The highest BCUT2D eigenvalue weighted by molar-refractivity contribution is 5.33. The van der Waals surface area contributed by atoms with Crippen LogP contribution >= 0.6 is 0 Å². The van der Waals surface area contributed by atoms with Crippen LogP contribution in [0.25, 0.3) is 0 Å². The third-order valence-electron chi connectivity index (χ3n) is 3.80. The highest BCUT2D eigenvalue weighted by atomic mass is 14.5. The summed E-state index contributed by atoms with van der Waals surface area (Å²) in [5, 5.41) is 0. The lowest BCUT2D eigenvalue weighted by Gasteiger charge is -2.17. The van der Waals surface area contributed by atoms with Crippen LogP contribution in [-0.2, 0) is 6.42 Å². The Hall–Kier alpha value is -1.60. The molecule has 1 atom stereocenters. The first-order chi connectivity index (χ1) is 9.10. The second-order valence-corrected chi connectivity index (χ2v) is 5.48. The fraction of sp³-hybridized carbons (Fsp3) is 0.333. The van der Waals surface area contributed by atoms with Crippen molar-refractivity contribution < 1.29 is 0 Å². The van der Waals surface area contributed by atoms with Crippen molar-refractivity contribution in [3.8, 4) is 0 Å². The molecule has 19 heavy (non-hydrogen) atoms. The lowest BCUT2D eigenvalue weighted by Crippen LogP contribution is -2.15. The van der Waals surface area contributed by atoms with Crippen molar-refractivity contribution in [2.45, 2.75) is 33.1 Å². The molecule has 0 aliphatic carbocycles. The van der Waals surface area contributed by atoms with Crippen LogP contribution in [0.4, 0.5) is 0 Å². The van der Waals surface area contributed by atoms with E-state index in [9.17, 15) is 0 Å². The number of rotatable bonds is 4. The number of hydrogen-bond donors (Lipinski definition) is 1. The van der Waals surface area contributed by atoms with Crippen molar-refractivity contribution in [3.63, 3.8) is 0 Å². The molecule has 0 amide bonds. The van der Waals surface area contributed by atoms with E-state index in [1.165, 1.54) is 27.8 Å². The average Bonchev–Trinajstić information content (AvgIpc) is 2.41. The van der Waals surface area contributed by atoms with Gasteiger partial charge in [-0.15, -0.1) is 0 Å². The fourth-order valence-electron chi connectivity index (χ4n) is 2.46. The lowest BCUT2D eigenvalue weighted by atomic mass is 9.89. The van der Waals surface area contributed by atoms with Crippen LogP contribution in [0.3, 0.4) is 0 Å². The summed E-state index contributed by atoms with van der Waals surface area (Å²) < 4.78 is 0. The standard InChI is InChI=1S/C18H23N/c1-13-5-8-16(9-6-13)18(12-19)11-17-10-14(2)4-7-15(17)3/h4-10,18H,11-12,19H2,1-3H3. The molecule has 0 radical (unpaired) electrons. The second-order valence-electron chi connectivity index (χ2n) is 5.48. The molecule has 0 fully saturated rings. The fourth-order valence-corrected chi connectivity index (χ4v) is 2.46. The molecule has 0 heterocycles. The van der Waals surface area contributed by atoms with Gasteiger partial charge < -0.3 is 5.73 Å². The first-order valence-corrected chi connectivity index (χ1v) is 6.93. The van der Waals surface area contributed by atoms with E-state index in [1.54, 1.807) is 0 Å². The van der Waals surface area contributed by atoms with Crippen LogP contribution < -0.4 is 5.73 Å². The predicted molar refractivity (Wildman–Crippen MR) is 82.6 cm³/mol. The highest BCUT2D eigenvalue weighted by Crippen LogP contribution is 2.23. The molecule has 0 saturated carbocycles. The van der Waals surface area contributed by atoms with Gasteiger partial charge >= 0.3 is 0 Å². The maximum atomic E-state index is 5.98. The summed E-state index contributed by atoms with van der Waals surface area (Å²) >= 11 is 0. The van der Waals surface area contributed by atoms with Gasteiger partial charge in [-0.2, -0.15) is 0 Å². The molecule has 1 heteroatoms. The first-order valence-electron chi connectivity index (χ1n) is 6.93. The molecule has 2 aromatic carbocycles. The molecule has 0 aromatic heterocycles. The van der Waals surface area contributed by atoms with Crippen molar-refractivity contribution in [3.05, 3.63) is 70.3 Å². The van der Waals surface area contributed by atoms with Crippen molar-refractivity contribution in [1.29, 1.82) is 0 Å². The molecule has 2 N–H and O–H groups in total. The van der Waals surface area contributed by atoms with E-state index < -0.39 is 0 Å². The van der Waals surface area contributed by atoms with Gasteiger partial charge in [-0.1, -0.05) is 53.6 Å². The molecule has 0 aliphatic heterocycles. The topological polar surface area (TPSA) is 26.0 Å². The molecule has 2 aromatic rings.